The largest absolute Gasteiger partial charge is 0.333 e. The Hall–Kier alpha value is -1.95. The first-order valence-corrected chi connectivity index (χ1v) is 4.83. The van der Waals surface area contributed by atoms with E-state index in [-0.39, 0.29) is 17.1 Å². The predicted octanol–water partition coefficient (Wildman–Crippen LogP) is 1.72. The minimum absolute atomic E-state index is 0.170. The van der Waals surface area contributed by atoms with Crippen molar-refractivity contribution >= 4 is 23.6 Å². The Kier molecular flexibility index (Phi) is 2.82. The molecular weight excluding hydrogens is 230 g/mol. The van der Waals surface area contributed by atoms with E-state index in [0.29, 0.717) is 5.69 Å². The van der Waals surface area contributed by atoms with Crippen molar-refractivity contribution in [2.75, 3.05) is 5.32 Å². The zero-order chi connectivity index (χ0) is 11.5. The van der Waals surface area contributed by atoms with Gasteiger partial charge in [0, 0.05) is 18.1 Å². The molecule has 0 aliphatic carbocycles. The fourth-order valence-corrected chi connectivity index (χ4v) is 1.36. The summed E-state index contributed by atoms with van der Waals surface area (Å²) >= 11 is 5.74. The average molecular weight is 238 g/mol. The van der Waals surface area contributed by atoms with Gasteiger partial charge in [-0.05, 0) is 13.0 Å². The van der Waals surface area contributed by atoms with Crippen molar-refractivity contribution in [3.05, 3.63) is 35.6 Å². The molecule has 2 aromatic rings. The highest BCUT2D eigenvalue weighted by atomic mass is 35.5. The molecule has 0 radical (unpaired) electrons. The zero-order valence-corrected chi connectivity index (χ0v) is 9.14. The molecule has 82 valence electrons. The molecule has 2 aromatic heterocycles. The van der Waals surface area contributed by atoms with E-state index < -0.39 is 0 Å². The molecular formula is C9H8ClN5O. The predicted molar refractivity (Wildman–Crippen MR) is 58.4 cm³/mol. The SMILES string of the molecule is Cc1cc(Cl)nc(NC(=O)n2ccnc2)n1. The molecule has 0 bridgehead atoms. The highest BCUT2D eigenvalue weighted by Gasteiger charge is 2.07. The van der Waals surface area contributed by atoms with E-state index in [2.05, 4.69) is 20.3 Å². The quantitative estimate of drug-likeness (QED) is 0.767. The molecule has 0 unspecified atom stereocenters. The number of hydrogen-bond donors (Lipinski definition) is 1. The second-order valence-corrected chi connectivity index (χ2v) is 3.44. The maximum atomic E-state index is 11.6. The average Bonchev–Trinajstić information content (AvgIpc) is 2.68. The van der Waals surface area contributed by atoms with Crippen molar-refractivity contribution in [2.45, 2.75) is 6.92 Å². The second kappa shape index (κ2) is 4.28. The fourth-order valence-electron chi connectivity index (χ4n) is 1.13. The Morgan fingerprint density at radius 2 is 2.31 bits per heavy atom. The maximum Gasteiger partial charge on any atom is 0.333 e. The van der Waals surface area contributed by atoms with Crippen molar-refractivity contribution in [3.63, 3.8) is 0 Å². The van der Waals surface area contributed by atoms with Gasteiger partial charge in [0.1, 0.15) is 11.5 Å². The fraction of sp³-hybridized carbons (Fsp3) is 0.111. The van der Waals surface area contributed by atoms with Gasteiger partial charge in [0.25, 0.3) is 0 Å². The van der Waals surface area contributed by atoms with Crippen LogP contribution in [-0.4, -0.2) is 25.6 Å². The molecule has 1 N–H and O–H groups in total. The highest BCUT2D eigenvalue weighted by molar-refractivity contribution is 6.29. The molecule has 0 spiro atoms. The summed E-state index contributed by atoms with van der Waals surface area (Å²) in [7, 11) is 0. The van der Waals surface area contributed by atoms with Crippen molar-refractivity contribution in [1.29, 1.82) is 0 Å². The third-order valence-electron chi connectivity index (χ3n) is 1.78. The first-order chi connectivity index (χ1) is 7.65. The van der Waals surface area contributed by atoms with Gasteiger partial charge in [0.05, 0.1) is 0 Å². The van der Waals surface area contributed by atoms with Crippen molar-refractivity contribution in [3.8, 4) is 0 Å². The van der Waals surface area contributed by atoms with Crippen LogP contribution in [0, 0.1) is 6.92 Å². The molecule has 0 aliphatic heterocycles. The minimum atomic E-state index is -0.390. The number of hydrogen-bond acceptors (Lipinski definition) is 4. The van der Waals surface area contributed by atoms with Crippen LogP contribution in [0.15, 0.2) is 24.8 Å². The van der Waals surface area contributed by atoms with E-state index in [1.54, 1.807) is 13.0 Å². The third-order valence-corrected chi connectivity index (χ3v) is 1.97. The number of halogens is 1. The van der Waals surface area contributed by atoms with Crippen molar-refractivity contribution in [2.24, 2.45) is 0 Å². The lowest BCUT2D eigenvalue weighted by Crippen LogP contribution is -2.19. The van der Waals surface area contributed by atoms with Crippen LogP contribution in [0.4, 0.5) is 10.7 Å². The number of carbonyl (C=O) groups excluding carboxylic acids is 1. The lowest BCUT2D eigenvalue weighted by atomic mass is 10.5. The van der Waals surface area contributed by atoms with Crippen LogP contribution in [0.2, 0.25) is 5.15 Å². The molecule has 16 heavy (non-hydrogen) atoms. The molecule has 2 rings (SSSR count). The van der Waals surface area contributed by atoms with E-state index >= 15 is 0 Å². The Labute approximate surface area is 96.3 Å². The standard InChI is InChI=1S/C9H8ClN5O/c1-6-4-7(10)13-8(12-6)14-9(16)15-3-2-11-5-15/h2-5H,1H3,(H,12,13,14,16). The van der Waals surface area contributed by atoms with Gasteiger partial charge >= 0.3 is 6.03 Å². The summed E-state index contributed by atoms with van der Waals surface area (Å²) in [5.74, 6) is 0.170. The van der Waals surface area contributed by atoms with Gasteiger partial charge in [-0.3, -0.25) is 9.88 Å². The van der Waals surface area contributed by atoms with Crippen LogP contribution in [-0.2, 0) is 0 Å². The Morgan fingerprint density at radius 3 is 2.94 bits per heavy atom. The third kappa shape index (κ3) is 2.34. The summed E-state index contributed by atoms with van der Waals surface area (Å²) in [6, 6.07) is 1.22. The minimum Gasteiger partial charge on any atom is -0.275 e. The normalized spacial score (nSPS) is 10.1. The number of amides is 1. The van der Waals surface area contributed by atoms with Crippen LogP contribution in [0.25, 0.3) is 0 Å². The van der Waals surface area contributed by atoms with Crippen LogP contribution in [0.1, 0.15) is 5.69 Å². The Balaban J connectivity index is 2.18. The monoisotopic (exact) mass is 237 g/mol. The van der Waals surface area contributed by atoms with Gasteiger partial charge < -0.3 is 0 Å². The first-order valence-electron chi connectivity index (χ1n) is 4.45. The molecule has 0 atom stereocenters. The van der Waals surface area contributed by atoms with Gasteiger partial charge in [-0.1, -0.05) is 11.6 Å². The highest BCUT2D eigenvalue weighted by Crippen LogP contribution is 2.09. The number of rotatable bonds is 1. The van der Waals surface area contributed by atoms with E-state index in [0.717, 1.165) is 0 Å². The van der Waals surface area contributed by atoms with Crippen molar-refractivity contribution < 1.29 is 4.79 Å². The van der Waals surface area contributed by atoms with Crippen LogP contribution < -0.4 is 5.32 Å². The number of aromatic nitrogens is 4. The molecule has 1 amide bonds. The molecule has 7 heteroatoms. The van der Waals surface area contributed by atoms with E-state index in [4.69, 9.17) is 11.6 Å². The Bertz CT molecular complexity index is 490. The van der Waals surface area contributed by atoms with Crippen molar-refractivity contribution in [1.82, 2.24) is 19.5 Å². The summed E-state index contributed by atoms with van der Waals surface area (Å²) < 4.78 is 1.28. The zero-order valence-electron chi connectivity index (χ0n) is 8.38. The van der Waals surface area contributed by atoms with Crippen LogP contribution in [0.5, 0.6) is 0 Å². The van der Waals surface area contributed by atoms with E-state index in [9.17, 15) is 4.79 Å². The van der Waals surface area contributed by atoms with E-state index in [1.807, 2.05) is 0 Å². The number of carbonyl (C=O) groups is 1. The summed E-state index contributed by atoms with van der Waals surface area (Å²) in [6.07, 6.45) is 4.41. The summed E-state index contributed by atoms with van der Waals surface area (Å²) in [6.45, 7) is 1.76. The van der Waals surface area contributed by atoms with Gasteiger partial charge in [-0.25, -0.2) is 19.7 Å². The number of imidazole rings is 1. The second-order valence-electron chi connectivity index (χ2n) is 3.06. The van der Waals surface area contributed by atoms with Gasteiger partial charge in [-0.2, -0.15) is 0 Å². The molecule has 6 nitrogen and oxygen atoms in total. The van der Waals surface area contributed by atoms with Gasteiger partial charge in [0.2, 0.25) is 5.95 Å². The lowest BCUT2D eigenvalue weighted by Gasteiger charge is -2.04. The summed E-state index contributed by atoms with van der Waals surface area (Å²) in [4.78, 5) is 23.2. The topological polar surface area (TPSA) is 72.7 Å². The Morgan fingerprint density at radius 1 is 1.50 bits per heavy atom. The number of anilines is 1. The lowest BCUT2D eigenvalue weighted by molar-refractivity contribution is 0.253. The molecule has 0 fully saturated rings. The van der Waals surface area contributed by atoms with E-state index in [1.165, 1.54) is 23.3 Å². The molecule has 0 aliphatic rings. The number of aryl methyl sites for hydroxylation is 1. The molecule has 0 saturated heterocycles. The first kappa shape index (κ1) is 10.6. The smallest absolute Gasteiger partial charge is 0.275 e. The van der Waals surface area contributed by atoms with Crippen LogP contribution in [0.3, 0.4) is 0 Å². The molecule has 0 aromatic carbocycles. The summed E-state index contributed by atoms with van der Waals surface area (Å²) in [5.41, 5.74) is 0.681. The molecule has 0 saturated carbocycles. The van der Waals surface area contributed by atoms with Gasteiger partial charge in [0.15, 0.2) is 0 Å². The van der Waals surface area contributed by atoms with Crippen LogP contribution >= 0.6 is 11.6 Å². The summed E-state index contributed by atoms with van der Waals surface area (Å²) in [5, 5.41) is 2.79. The maximum absolute atomic E-state index is 11.6. The molecule has 2 heterocycles. The number of nitrogens with one attached hydrogen (secondary N) is 1. The number of nitrogens with zero attached hydrogens (tertiary/aromatic N) is 4. The van der Waals surface area contributed by atoms with Gasteiger partial charge in [-0.15, -0.1) is 0 Å².